The van der Waals surface area contributed by atoms with Crippen molar-refractivity contribution in [2.24, 2.45) is 0 Å². The molecule has 3 nitrogen and oxygen atoms in total. The van der Waals surface area contributed by atoms with Gasteiger partial charge in [-0.05, 0) is 59.0 Å². The second-order valence-corrected chi connectivity index (χ2v) is 5.15. The molecule has 2 aromatic carbocycles. The molecule has 0 saturated carbocycles. The number of aldehydes is 1. The molecular formula is C15H11IO3. The van der Waals surface area contributed by atoms with Crippen LogP contribution < -0.4 is 4.74 Å². The van der Waals surface area contributed by atoms with Gasteiger partial charge >= 0.3 is 0 Å². The van der Waals surface area contributed by atoms with Crippen LogP contribution in [0.15, 0.2) is 48.5 Å². The van der Waals surface area contributed by atoms with E-state index in [9.17, 15) is 9.59 Å². The molecule has 0 aliphatic rings. The first-order valence-electron chi connectivity index (χ1n) is 5.66. The van der Waals surface area contributed by atoms with Gasteiger partial charge in [0.25, 0.3) is 0 Å². The van der Waals surface area contributed by atoms with Crippen LogP contribution >= 0.6 is 22.6 Å². The Hall–Kier alpha value is -1.69. The van der Waals surface area contributed by atoms with Crippen LogP contribution in [0.1, 0.15) is 20.7 Å². The first-order chi connectivity index (χ1) is 9.19. The maximum Gasteiger partial charge on any atom is 0.200 e. The highest BCUT2D eigenvalue weighted by molar-refractivity contribution is 14.1. The first-order valence-corrected chi connectivity index (χ1v) is 6.74. The molecule has 0 saturated heterocycles. The number of carbonyl (C=O) groups excluding carboxylic acids is 2. The minimum absolute atomic E-state index is 0.0129. The van der Waals surface area contributed by atoms with E-state index < -0.39 is 0 Å². The van der Waals surface area contributed by atoms with Gasteiger partial charge < -0.3 is 4.74 Å². The zero-order valence-electron chi connectivity index (χ0n) is 10.0. The van der Waals surface area contributed by atoms with E-state index in [2.05, 4.69) is 22.6 Å². The van der Waals surface area contributed by atoms with Crippen LogP contribution in [-0.2, 0) is 0 Å². The molecule has 0 unspecified atom stereocenters. The Labute approximate surface area is 124 Å². The third-order valence-electron chi connectivity index (χ3n) is 2.55. The van der Waals surface area contributed by atoms with Crippen LogP contribution in [0, 0.1) is 3.57 Å². The average Bonchev–Trinajstić information content (AvgIpc) is 2.46. The second-order valence-electron chi connectivity index (χ2n) is 3.91. The third-order valence-corrected chi connectivity index (χ3v) is 3.27. The highest BCUT2D eigenvalue weighted by Crippen LogP contribution is 2.12. The molecule has 4 heteroatoms. The molecule has 0 fully saturated rings. The van der Waals surface area contributed by atoms with Gasteiger partial charge in [0.15, 0.2) is 12.4 Å². The Balaban J connectivity index is 1.96. The number of rotatable bonds is 5. The lowest BCUT2D eigenvalue weighted by Crippen LogP contribution is -2.11. The Morgan fingerprint density at radius 2 is 1.68 bits per heavy atom. The number of hydrogen-bond donors (Lipinski definition) is 0. The molecule has 2 rings (SSSR count). The number of Topliss-reactive ketones (excluding diaryl/α,β-unsaturated/α-hetero) is 1. The normalized spacial score (nSPS) is 9.95. The number of benzene rings is 2. The molecule has 0 N–H and O–H groups in total. The molecule has 0 radical (unpaired) electrons. The lowest BCUT2D eigenvalue weighted by atomic mass is 10.1. The molecule has 2 aromatic rings. The van der Waals surface area contributed by atoms with Crippen LogP contribution in [-0.4, -0.2) is 18.7 Å². The van der Waals surface area contributed by atoms with E-state index in [4.69, 9.17) is 4.74 Å². The van der Waals surface area contributed by atoms with Gasteiger partial charge in [-0.3, -0.25) is 9.59 Å². The lowest BCUT2D eigenvalue weighted by molar-refractivity contribution is 0.0921. The monoisotopic (exact) mass is 366 g/mol. The van der Waals surface area contributed by atoms with E-state index in [1.807, 2.05) is 12.1 Å². The van der Waals surface area contributed by atoms with Crippen molar-refractivity contribution in [3.05, 3.63) is 63.2 Å². The Morgan fingerprint density at radius 3 is 2.26 bits per heavy atom. The summed E-state index contributed by atoms with van der Waals surface area (Å²) in [5, 5.41) is 0. The van der Waals surface area contributed by atoms with Crippen LogP contribution in [0.25, 0.3) is 0 Å². The van der Waals surface area contributed by atoms with Crippen LogP contribution in [0.4, 0.5) is 0 Å². The highest BCUT2D eigenvalue weighted by atomic mass is 127. The molecule has 19 heavy (non-hydrogen) atoms. The first kappa shape index (κ1) is 13.7. The number of ketones is 1. The van der Waals surface area contributed by atoms with Gasteiger partial charge in [-0.2, -0.15) is 0 Å². The minimum atomic E-state index is -0.0733. The van der Waals surface area contributed by atoms with E-state index in [0.29, 0.717) is 16.9 Å². The molecule has 0 aromatic heterocycles. The topological polar surface area (TPSA) is 43.4 Å². The van der Waals surface area contributed by atoms with Gasteiger partial charge in [0, 0.05) is 14.7 Å². The fraction of sp³-hybridized carbons (Fsp3) is 0.0667. The van der Waals surface area contributed by atoms with E-state index in [0.717, 1.165) is 9.86 Å². The number of carbonyl (C=O) groups is 2. The maximum absolute atomic E-state index is 11.9. The number of ether oxygens (including phenoxy) is 1. The van der Waals surface area contributed by atoms with Crippen LogP contribution in [0.3, 0.4) is 0 Å². The molecule has 0 aliphatic heterocycles. The van der Waals surface area contributed by atoms with Gasteiger partial charge in [0.1, 0.15) is 12.0 Å². The molecule has 96 valence electrons. The quantitative estimate of drug-likeness (QED) is 0.463. The van der Waals surface area contributed by atoms with Crippen molar-refractivity contribution in [2.45, 2.75) is 0 Å². The predicted molar refractivity (Wildman–Crippen MR) is 80.8 cm³/mol. The average molecular weight is 366 g/mol. The standard InChI is InChI=1S/C15H11IO3/c16-13-5-3-12(4-6-13)15(18)10-19-14-7-1-11(9-17)2-8-14/h1-9H,10H2. The molecular weight excluding hydrogens is 355 g/mol. The van der Waals surface area contributed by atoms with Crippen molar-refractivity contribution in [1.29, 1.82) is 0 Å². The fourth-order valence-electron chi connectivity index (χ4n) is 1.51. The van der Waals surface area contributed by atoms with Crippen molar-refractivity contribution < 1.29 is 14.3 Å². The SMILES string of the molecule is O=Cc1ccc(OCC(=O)c2ccc(I)cc2)cc1. The summed E-state index contributed by atoms with van der Waals surface area (Å²) in [4.78, 5) is 22.4. The van der Waals surface area contributed by atoms with Gasteiger partial charge in [-0.1, -0.05) is 12.1 Å². The molecule has 0 spiro atoms. The van der Waals surface area contributed by atoms with Crippen molar-refractivity contribution in [3.8, 4) is 5.75 Å². The molecule has 0 heterocycles. The van der Waals surface area contributed by atoms with Crippen molar-refractivity contribution >= 4 is 34.7 Å². The number of hydrogen-bond acceptors (Lipinski definition) is 3. The summed E-state index contributed by atoms with van der Waals surface area (Å²) in [6.45, 7) is -0.0129. The smallest absolute Gasteiger partial charge is 0.200 e. The zero-order chi connectivity index (χ0) is 13.7. The van der Waals surface area contributed by atoms with Crippen molar-refractivity contribution in [2.75, 3.05) is 6.61 Å². The molecule has 0 atom stereocenters. The summed E-state index contributed by atoms with van der Waals surface area (Å²) in [5.41, 5.74) is 1.21. The highest BCUT2D eigenvalue weighted by Gasteiger charge is 2.06. The largest absolute Gasteiger partial charge is 0.485 e. The summed E-state index contributed by atoms with van der Waals surface area (Å²) in [5.74, 6) is 0.500. The minimum Gasteiger partial charge on any atom is -0.485 e. The van der Waals surface area contributed by atoms with E-state index in [-0.39, 0.29) is 12.4 Å². The zero-order valence-corrected chi connectivity index (χ0v) is 12.2. The summed E-state index contributed by atoms with van der Waals surface area (Å²) < 4.78 is 6.47. The van der Waals surface area contributed by atoms with E-state index in [1.165, 1.54) is 0 Å². The fourth-order valence-corrected chi connectivity index (χ4v) is 1.87. The Bertz CT molecular complexity index is 573. The molecule has 0 aliphatic carbocycles. The Morgan fingerprint density at radius 1 is 1.05 bits per heavy atom. The summed E-state index contributed by atoms with van der Waals surface area (Å²) in [6.07, 6.45) is 0.764. The summed E-state index contributed by atoms with van der Waals surface area (Å²) in [7, 11) is 0. The van der Waals surface area contributed by atoms with Gasteiger partial charge in [0.05, 0.1) is 0 Å². The van der Waals surface area contributed by atoms with Crippen LogP contribution in [0.2, 0.25) is 0 Å². The van der Waals surface area contributed by atoms with Gasteiger partial charge in [-0.25, -0.2) is 0 Å². The summed E-state index contributed by atoms with van der Waals surface area (Å²) in [6, 6.07) is 14.0. The van der Waals surface area contributed by atoms with Gasteiger partial charge in [0.2, 0.25) is 0 Å². The van der Waals surface area contributed by atoms with Crippen molar-refractivity contribution in [3.63, 3.8) is 0 Å². The Kier molecular flexibility index (Phi) is 4.68. The van der Waals surface area contributed by atoms with Crippen molar-refractivity contribution in [1.82, 2.24) is 0 Å². The lowest BCUT2D eigenvalue weighted by Gasteiger charge is -2.05. The summed E-state index contributed by atoms with van der Waals surface area (Å²) >= 11 is 2.19. The second kappa shape index (κ2) is 6.47. The predicted octanol–water partition coefficient (Wildman–Crippen LogP) is 3.37. The maximum atomic E-state index is 11.9. The van der Waals surface area contributed by atoms with Gasteiger partial charge in [-0.15, -0.1) is 0 Å². The molecule has 0 bridgehead atoms. The number of halogens is 1. The van der Waals surface area contributed by atoms with E-state index in [1.54, 1.807) is 36.4 Å². The molecule has 0 amide bonds. The third kappa shape index (κ3) is 3.89. The van der Waals surface area contributed by atoms with Crippen LogP contribution in [0.5, 0.6) is 5.75 Å². The van der Waals surface area contributed by atoms with E-state index >= 15 is 0 Å².